The number of amides is 8. The van der Waals surface area contributed by atoms with Gasteiger partial charge in [-0.25, -0.2) is 0 Å². The summed E-state index contributed by atoms with van der Waals surface area (Å²) in [5.74, 6) is -8.47. The molecule has 1 rings (SSSR count). The third-order valence-electron chi connectivity index (χ3n) is 10.1. The van der Waals surface area contributed by atoms with E-state index in [1.54, 1.807) is 41.5 Å². The number of carbonyl (C=O) groups is 9. The lowest BCUT2D eigenvalue weighted by molar-refractivity contribution is -0.140. The minimum Gasteiger partial charge on any atom is -0.480 e. The summed E-state index contributed by atoms with van der Waals surface area (Å²) >= 11 is 0. The van der Waals surface area contributed by atoms with Crippen LogP contribution in [0.4, 0.5) is 0 Å². The highest BCUT2D eigenvalue weighted by molar-refractivity contribution is 5.97. The number of rotatable bonds is 26. The Hall–Kier alpha value is -5.58. The van der Waals surface area contributed by atoms with E-state index in [-0.39, 0.29) is 5.96 Å². The zero-order chi connectivity index (χ0) is 45.7. The summed E-state index contributed by atoms with van der Waals surface area (Å²) in [5.41, 5.74) is 16.7. The molecule has 15 N–H and O–H groups in total. The van der Waals surface area contributed by atoms with Crippen LogP contribution in [0, 0.1) is 17.8 Å². The average molecular weight is 855 g/mol. The number of aliphatic carboxylic acids is 1. The molecule has 8 amide bonds. The standard InChI is InChI=1S/C37H66N12O11/c1-7-20(5)29(34(58)44-17-27(53)54)48-35(59)30(21(6)8-2)47-31(55)23(18-50)45-25(51)15-43-33(57)28(19(3)4)46-26(52)16-42-32(56)24-12-10-14-49(24)36(60)22(38)11-9-13-41-37(39)40/h19-24,28-30,50H,7-18,38H2,1-6H3,(H,42,56)(H,43,57)(H,44,58)(H,45,51)(H,46,52)(H,47,55)(H,48,59)(H,53,54)(H4,39,40,41)/t20-,21-,22-,23-,24-,28-,29-,30-/m0/s1. The Morgan fingerprint density at radius 2 is 1.27 bits per heavy atom. The molecule has 1 heterocycles. The van der Waals surface area contributed by atoms with Gasteiger partial charge in [-0.1, -0.05) is 54.4 Å². The molecule has 8 atom stereocenters. The van der Waals surface area contributed by atoms with E-state index in [2.05, 4.69) is 42.2 Å². The van der Waals surface area contributed by atoms with E-state index in [0.29, 0.717) is 51.6 Å². The monoisotopic (exact) mass is 854 g/mol. The van der Waals surface area contributed by atoms with Crippen LogP contribution in [0.15, 0.2) is 4.99 Å². The van der Waals surface area contributed by atoms with Crippen LogP contribution in [0.1, 0.15) is 80.1 Å². The van der Waals surface area contributed by atoms with Crippen molar-refractivity contribution in [2.75, 3.05) is 39.3 Å². The van der Waals surface area contributed by atoms with Gasteiger partial charge in [0.1, 0.15) is 36.8 Å². The molecule has 0 bridgehead atoms. The van der Waals surface area contributed by atoms with Gasteiger partial charge in [0.05, 0.1) is 25.7 Å². The van der Waals surface area contributed by atoms with Gasteiger partial charge in [-0.2, -0.15) is 0 Å². The van der Waals surface area contributed by atoms with Gasteiger partial charge in [-0.05, 0) is 43.4 Å². The Kier molecular flexibility index (Phi) is 23.2. The zero-order valence-corrected chi connectivity index (χ0v) is 35.4. The average Bonchev–Trinajstić information content (AvgIpc) is 3.70. The van der Waals surface area contributed by atoms with Gasteiger partial charge < -0.3 is 69.5 Å². The number of nitrogens with zero attached hydrogens (tertiary/aromatic N) is 2. The molecule has 0 aromatic rings. The molecule has 0 spiro atoms. The number of hydrogen-bond acceptors (Lipinski definition) is 12. The smallest absolute Gasteiger partial charge is 0.322 e. The van der Waals surface area contributed by atoms with Gasteiger partial charge >= 0.3 is 5.97 Å². The largest absolute Gasteiger partial charge is 0.480 e. The van der Waals surface area contributed by atoms with Crippen LogP contribution in [0.5, 0.6) is 0 Å². The number of aliphatic hydroxyl groups excluding tert-OH is 1. The van der Waals surface area contributed by atoms with Crippen LogP contribution < -0.4 is 54.4 Å². The molecule has 0 unspecified atom stereocenters. The molecule has 1 aliphatic heterocycles. The predicted molar refractivity (Wildman–Crippen MR) is 218 cm³/mol. The van der Waals surface area contributed by atoms with Crippen molar-refractivity contribution in [3.63, 3.8) is 0 Å². The molecule has 1 aliphatic rings. The number of nitrogens with two attached hydrogens (primary N) is 3. The van der Waals surface area contributed by atoms with Gasteiger partial charge in [0, 0.05) is 13.1 Å². The van der Waals surface area contributed by atoms with Crippen LogP contribution in [0.3, 0.4) is 0 Å². The van der Waals surface area contributed by atoms with Gasteiger partial charge in [0.15, 0.2) is 5.96 Å². The predicted octanol–water partition coefficient (Wildman–Crippen LogP) is -4.53. The Morgan fingerprint density at radius 1 is 0.733 bits per heavy atom. The maximum Gasteiger partial charge on any atom is 0.322 e. The van der Waals surface area contributed by atoms with Crippen LogP contribution >= 0.6 is 0 Å². The first-order valence-electron chi connectivity index (χ1n) is 20.1. The zero-order valence-electron chi connectivity index (χ0n) is 35.4. The van der Waals surface area contributed by atoms with Crippen molar-refractivity contribution in [1.82, 2.24) is 42.1 Å². The second-order valence-corrected chi connectivity index (χ2v) is 15.1. The molecule has 60 heavy (non-hydrogen) atoms. The summed E-state index contributed by atoms with van der Waals surface area (Å²) in [6.07, 6.45) is 2.52. The summed E-state index contributed by atoms with van der Waals surface area (Å²) in [4.78, 5) is 120. The van der Waals surface area contributed by atoms with Gasteiger partial charge in [0.2, 0.25) is 47.3 Å². The number of aliphatic hydroxyl groups is 1. The number of aliphatic imine (C=N–C) groups is 1. The number of carbonyl (C=O) groups excluding carboxylic acids is 8. The van der Waals surface area contributed by atoms with Crippen molar-refractivity contribution in [3.8, 4) is 0 Å². The maximum absolute atomic E-state index is 13.4. The van der Waals surface area contributed by atoms with Crippen molar-refractivity contribution >= 4 is 59.2 Å². The van der Waals surface area contributed by atoms with E-state index in [0.717, 1.165) is 0 Å². The third-order valence-corrected chi connectivity index (χ3v) is 10.1. The molecule has 1 fully saturated rings. The molecule has 0 radical (unpaired) electrons. The molecule has 23 nitrogen and oxygen atoms in total. The minimum absolute atomic E-state index is 0.0759. The molecule has 0 aromatic carbocycles. The fraction of sp³-hybridized carbons (Fsp3) is 0.730. The number of carboxylic acid groups (broad SMARTS) is 1. The first-order chi connectivity index (χ1) is 28.2. The summed E-state index contributed by atoms with van der Waals surface area (Å²) in [6.45, 7) is 8.03. The minimum atomic E-state index is -1.56. The highest BCUT2D eigenvalue weighted by Gasteiger charge is 2.37. The molecule has 1 saturated heterocycles. The van der Waals surface area contributed by atoms with Gasteiger partial charge in [-0.3, -0.25) is 48.1 Å². The fourth-order valence-corrected chi connectivity index (χ4v) is 6.09. The Bertz CT molecular complexity index is 1540. The number of hydrogen-bond donors (Lipinski definition) is 12. The number of guanidine groups is 1. The lowest BCUT2D eigenvalue weighted by atomic mass is 9.94. The van der Waals surface area contributed by atoms with E-state index >= 15 is 0 Å². The van der Waals surface area contributed by atoms with E-state index in [1.165, 1.54) is 4.90 Å². The second kappa shape index (κ2) is 26.5. The van der Waals surface area contributed by atoms with E-state index in [1.807, 2.05) is 0 Å². The van der Waals surface area contributed by atoms with E-state index < -0.39 is 133 Å². The van der Waals surface area contributed by atoms with Crippen LogP contribution in [-0.2, 0) is 43.2 Å². The van der Waals surface area contributed by atoms with Crippen LogP contribution in [0.25, 0.3) is 0 Å². The maximum atomic E-state index is 13.4. The lowest BCUT2D eigenvalue weighted by Crippen LogP contribution is -2.60. The quantitative estimate of drug-likeness (QED) is 0.0222. The van der Waals surface area contributed by atoms with Crippen LogP contribution in [-0.4, -0.2) is 150 Å². The van der Waals surface area contributed by atoms with Gasteiger partial charge in [-0.15, -0.1) is 0 Å². The summed E-state index contributed by atoms with van der Waals surface area (Å²) in [7, 11) is 0. The lowest BCUT2D eigenvalue weighted by Gasteiger charge is -2.29. The molecule has 0 aliphatic carbocycles. The number of nitrogens with one attached hydrogen (secondary N) is 7. The molecule has 23 heteroatoms. The van der Waals surface area contributed by atoms with Crippen molar-refractivity contribution in [2.45, 2.75) is 116 Å². The van der Waals surface area contributed by atoms with E-state index in [9.17, 15) is 48.3 Å². The first-order valence-corrected chi connectivity index (χ1v) is 20.1. The third kappa shape index (κ3) is 17.7. The normalized spacial score (nSPS) is 17.0. The van der Waals surface area contributed by atoms with E-state index in [4.69, 9.17) is 22.3 Å². The summed E-state index contributed by atoms with van der Waals surface area (Å²) in [5, 5.41) is 35.9. The Morgan fingerprint density at radius 3 is 1.82 bits per heavy atom. The highest BCUT2D eigenvalue weighted by Crippen LogP contribution is 2.19. The first kappa shape index (κ1) is 52.4. The van der Waals surface area contributed by atoms with Crippen molar-refractivity contribution in [1.29, 1.82) is 0 Å². The molecule has 0 saturated carbocycles. The molecular formula is C37H66N12O11. The van der Waals surface area contributed by atoms with Crippen molar-refractivity contribution in [2.24, 2.45) is 39.9 Å². The molecule has 0 aromatic heterocycles. The number of carboxylic acids is 1. The molecule has 340 valence electrons. The Labute approximate surface area is 349 Å². The van der Waals surface area contributed by atoms with Crippen molar-refractivity contribution in [3.05, 3.63) is 0 Å². The molecular weight excluding hydrogens is 788 g/mol. The number of likely N-dealkylation sites (tertiary alicyclic amines) is 1. The second-order valence-electron chi connectivity index (χ2n) is 15.1. The van der Waals surface area contributed by atoms with Crippen molar-refractivity contribution < 1.29 is 53.4 Å². The van der Waals surface area contributed by atoms with Gasteiger partial charge in [0.25, 0.3) is 0 Å². The summed E-state index contributed by atoms with van der Waals surface area (Å²) < 4.78 is 0. The topological polar surface area (TPSA) is 372 Å². The highest BCUT2D eigenvalue weighted by atomic mass is 16.4. The SMILES string of the molecule is CC[C@H](C)[C@H](NC(=O)[C@H](CO)NC(=O)CNC(=O)[C@@H](NC(=O)CNC(=O)[C@@H]1CCCN1C(=O)[C@@H](N)CCCN=C(N)N)C(C)C)C(=O)N[C@H](C(=O)NCC(=O)O)[C@@H](C)CC. The fourth-order valence-electron chi connectivity index (χ4n) is 6.09. The Balaban J connectivity index is 2.80. The summed E-state index contributed by atoms with van der Waals surface area (Å²) in [6, 6.07) is -6.76. The van der Waals surface area contributed by atoms with Crippen LogP contribution in [0.2, 0.25) is 0 Å².